The highest BCUT2D eigenvalue weighted by Gasteiger charge is 2.16. The van der Waals surface area contributed by atoms with Gasteiger partial charge in [-0.1, -0.05) is 0 Å². The molecular formula is C16H34N2O4. The summed E-state index contributed by atoms with van der Waals surface area (Å²) in [7, 11) is 1.69. The van der Waals surface area contributed by atoms with Gasteiger partial charge in [-0.25, -0.2) is 4.79 Å². The van der Waals surface area contributed by atoms with Crippen LogP contribution in [0, 0.1) is 0 Å². The fraction of sp³-hybridized carbons (Fsp3) is 0.938. The topological polar surface area (TPSA) is 68.8 Å². The van der Waals surface area contributed by atoms with Crippen LogP contribution in [-0.2, 0) is 14.2 Å². The van der Waals surface area contributed by atoms with Crippen LogP contribution in [0.25, 0.3) is 0 Å². The molecule has 6 heteroatoms. The Morgan fingerprint density at radius 3 is 2.50 bits per heavy atom. The first kappa shape index (κ1) is 21.1. The third-order valence-corrected chi connectivity index (χ3v) is 2.91. The first-order valence-corrected chi connectivity index (χ1v) is 8.09. The van der Waals surface area contributed by atoms with E-state index in [-0.39, 0.29) is 18.2 Å². The molecule has 1 amide bonds. The number of hydrogen-bond acceptors (Lipinski definition) is 5. The van der Waals surface area contributed by atoms with Crippen LogP contribution in [0.15, 0.2) is 0 Å². The summed E-state index contributed by atoms with van der Waals surface area (Å²) >= 11 is 0. The van der Waals surface area contributed by atoms with Gasteiger partial charge in [0.15, 0.2) is 0 Å². The molecule has 132 valence electrons. The number of carbonyl (C=O) groups excluding carboxylic acids is 1. The van der Waals surface area contributed by atoms with Crippen molar-refractivity contribution in [3.8, 4) is 0 Å². The minimum Gasteiger partial charge on any atom is -0.444 e. The Hall–Kier alpha value is -0.850. The molecule has 0 aromatic rings. The molecule has 6 nitrogen and oxygen atoms in total. The third kappa shape index (κ3) is 12.9. The lowest BCUT2D eigenvalue weighted by Gasteiger charge is -2.21. The number of nitrogens with one attached hydrogen (secondary N) is 2. The van der Waals surface area contributed by atoms with Crippen LogP contribution in [0.5, 0.6) is 0 Å². The van der Waals surface area contributed by atoms with E-state index in [1.807, 2.05) is 34.6 Å². The number of alkyl carbamates (subject to hydrolysis) is 1. The molecule has 0 aliphatic heterocycles. The SMILES string of the molecule is CCOC(C)CNC(CCCNC(=O)OC(C)(C)C)COC. The molecule has 22 heavy (non-hydrogen) atoms. The zero-order chi connectivity index (χ0) is 17.0. The number of methoxy groups -OCH3 is 1. The van der Waals surface area contributed by atoms with E-state index in [1.165, 1.54) is 0 Å². The zero-order valence-corrected chi connectivity index (χ0v) is 15.0. The number of carbonyl (C=O) groups is 1. The van der Waals surface area contributed by atoms with E-state index in [2.05, 4.69) is 10.6 Å². The van der Waals surface area contributed by atoms with Crippen molar-refractivity contribution in [1.29, 1.82) is 0 Å². The third-order valence-electron chi connectivity index (χ3n) is 2.91. The van der Waals surface area contributed by atoms with Gasteiger partial charge in [-0.2, -0.15) is 0 Å². The van der Waals surface area contributed by atoms with Gasteiger partial charge in [0.1, 0.15) is 5.60 Å². The molecule has 0 heterocycles. The van der Waals surface area contributed by atoms with Crippen LogP contribution in [0.4, 0.5) is 4.79 Å². The second-order valence-corrected chi connectivity index (χ2v) is 6.40. The molecule has 0 aliphatic carbocycles. The molecule has 0 saturated carbocycles. The van der Waals surface area contributed by atoms with Crippen LogP contribution in [0.2, 0.25) is 0 Å². The Balaban J connectivity index is 3.88. The summed E-state index contributed by atoms with van der Waals surface area (Å²) < 4.78 is 15.9. The molecule has 2 atom stereocenters. The van der Waals surface area contributed by atoms with Crippen molar-refractivity contribution in [3.05, 3.63) is 0 Å². The molecule has 0 aromatic carbocycles. The van der Waals surface area contributed by atoms with Gasteiger partial charge >= 0.3 is 6.09 Å². The molecule has 0 rings (SSSR count). The maximum atomic E-state index is 11.5. The van der Waals surface area contributed by atoms with Crippen LogP contribution >= 0.6 is 0 Å². The van der Waals surface area contributed by atoms with Crippen molar-refractivity contribution < 1.29 is 19.0 Å². The minimum absolute atomic E-state index is 0.184. The predicted molar refractivity (Wildman–Crippen MR) is 88.2 cm³/mol. The quantitative estimate of drug-likeness (QED) is 0.572. The predicted octanol–water partition coefficient (Wildman–Crippen LogP) is 2.32. The molecule has 2 N–H and O–H groups in total. The van der Waals surface area contributed by atoms with Gasteiger partial charge in [0, 0.05) is 32.8 Å². The first-order chi connectivity index (χ1) is 10.3. The Labute approximate surface area is 135 Å². The smallest absolute Gasteiger partial charge is 0.407 e. The Morgan fingerprint density at radius 1 is 1.27 bits per heavy atom. The number of rotatable bonds is 11. The Kier molecular flexibility index (Phi) is 11.2. The summed E-state index contributed by atoms with van der Waals surface area (Å²) in [5.41, 5.74) is -0.459. The average molecular weight is 318 g/mol. The Morgan fingerprint density at radius 2 is 1.95 bits per heavy atom. The summed E-state index contributed by atoms with van der Waals surface area (Å²) in [5.74, 6) is 0. The largest absolute Gasteiger partial charge is 0.444 e. The first-order valence-electron chi connectivity index (χ1n) is 8.09. The van der Waals surface area contributed by atoms with E-state index in [1.54, 1.807) is 7.11 Å². The highest BCUT2D eigenvalue weighted by molar-refractivity contribution is 5.67. The van der Waals surface area contributed by atoms with Gasteiger partial charge in [-0.15, -0.1) is 0 Å². The molecule has 0 aliphatic rings. The van der Waals surface area contributed by atoms with Crippen molar-refractivity contribution in [2.24, 2.45) is 0 Å². The van der Waals surface area contributed by atoms with Crippen LogP contribution in [0.3, 0.4) is 0 Å². The monoisotopic (exact) mass is 318 g/mol. The molecule has 0 aromatic heterocycles. The zero-order valence-electron chi connectivity index (χ0n) is 15.0. The second-order valence-electron chi connectivity index (χ2n) is 6.40. The van der Waals surface area contributed by atoms with E-state index in [9.17, 15) is 4.79 Å². The van der Waals surface area contributed by atoms with Crippen LogP contribution < -0.4 is 10.6 Å². The fourth-order valence-corrected chi connectivity index (χ4v) is 1.97. The standard InChI is InChI=1S/C16H34N2O4/c1-7-21-13(2)11-18-14(12-20-6)9-8-10-17-15(19)22-16(3,4)5/h13-14,18H,7-12H2,1-6H3,(H,17,19). The number of amides is 1. The van der Waals surface area contributed by atoms with Gasteiger partial charge in [-0.3, -0.25) is 0 Å². The number of hydrogen-bond donors (Lipinski definition) is 2. The minimum atomic E-state index is -0.459. The fourth-order valence-electron chi connectivity index (χ4n) is 1.97. The van der Waals surface area contributed by atoms with Crippen molar-refractivity contribution >= 4 is 6.09 Å². The molecule has 2 unspecified atom stereocenters. The van der Waals surface area contributed by atoms with Crippen molar-refractivity contribution in [2.45, 2.75) is 65.2 Å². The van der Waals surface area contributed by atoms with Crippen molar-refractivity contribution in [3.63, 3.8) is 0 Å². The molecule has 0 spiro atoms. The van der Waals surface area contributed by atoms with Crippen LogP contribution in [0.1, 0.15) is 47.5 Å². The van der Waals surface area contributed by atoms with E-state index in [0.29, 0.717) is 13.2 Å². The lowest BCUT2D eigenvalue weighted by Crippen LogP contribution is -2.39. The Bertz CT molecular complexity index is 292. The summed E-state index contributed by atoms with van der Waals surface area (Å²) in [6.07, 6.45) is 1.60. The molecule has 0 bridgehead atoms. The van der Waals surface area contributed by atoms with Crippen molar-refractivity contribution in [2.75, 3.05) is 33.4 Å². The lowest BCUT2D eigenvalue weighted by atomic mass is 10.1. The maximum absolute atomic E-state index is 11.5. The molecular weight excluding hydrogens is 284 g/mol. The van der Waals surface area contributed by atoms with Crippen molar-refractivity contribution in [1.82, 2.24) is 10.6 Å². The van der Waals surface area contributed by atoms with E-state index < -0.39 is 5.60 Å². The van der Waals surface area contributed by atoms with E-state index in [0.717, 1.165) is 26.0 Å². The second kappa shape index (κ2) is 11.7. The lowest BCUT2D eigenvalue weighted by molar-refractivity contribution is 0.0525. The average Bonchev–Trinajstić information content (AvgIpc) is 2.39. The highest BCUT2D eigenvalue weighted by Crippen LogP contribution is 2.06. The maximum Gasteiger partial charge on any atom is 0.407 e. The summed E-state index contributed by atoms with van der Waals surface area (Å²) in [6, 6.07) is 0.258. The normalized spacial score (nSPS) is 14.5. The van der Waals surface area contributed by atoms with E-state index >= 15 is 0 Å². The van der Waals surface area contributed by atoms with Gasteiger partial charge in [0.2, 0.25) is 0 Å². The van der Waals surface area contributed by atoms with E-state index in [4.69, 9.17) is 14.2 Å². The summed E-state index contributed by atoms with van der Waals surface area (Å²) in [4.78, 5) is 11.5. The number of ether oxygens (including phenoxy) is 3. The van der Waals surface area contributed by atoms with Gasteiger partial charge in [0.05, 0.1) is 12.7 Å². The van der Waals surface area contributed by atoms with Gasteiger partial charge < -0.3 is 24.8 Å². The highest BCUT2D eigenvalue weighted by atomic mass is 16.6. The van der Waals surface area contributed by atoms with Crippen LogP contribution in [-0.4, -0.2) is 57.3 Å². The molecule has 0 fully saturated rings. The summed E-state index contributed by atoms with van der Waals surface area (Å²) in [6.45, 7) is 12.3. The van der Waals surface area contributed by atoms with Gasteiger partial charge in [-0.05, 0) is 47.5 Å². The molecule has 0 saturated heterocycles. The summed E-state index contributed by atoms with van der Waals surface area (Å²) in [5, 5.41) is 6.21. The molecule has 0 radical (unpaired) electrons. The van der Waals surface area contributed by atoms with Gasteiger partial charge in [0.25, 0.3) is 0 Å².